The van der Waals surface area contributed by atoms with Crippen molar-refractivity contribution < 1.29 is 24.7 Å². The van der Waals surface area contributed by atoms with Crippen LogP contribution in [-0.4, -0.2) is 65.8 Å². The smallest absolute Gasteiger partial charge is 0.352 e. The zero-order valence-corrected chi connectivity index (χ0v) is 17.9. The second-order valence-corrected chi connectivity index (χ2v) is 9.21. The molecule has 2 atom stereocenters. The molecular formula is C17H14N6O5S3. The quantitative estimate of drug-likeness (QED) is 0.203. The Kier molecular flexibility index (Phi) is 5.75. The normalized spacial score (nSPS) is 21.2. The molecule has 2 aromatic heterocycles. The van der Waals surface area contributed by atoms with Crippen LogP contribution < -0.4 is 11.1 Å². The monoisotopic (exact) mass is 478 g/mol. The highest BCUT2D eigenvalue weighted by Gasteiger charge is 2.54. The van der Waals surface area contributed by atoms with Gasteiger partial charge in [0.15, 0.2) is 10.8 Å². The van der Waals surface area contributed by atoms with Crippen LogP contribution in [0.1, 0.15) is 10.6 Å². The highest BCUT2D eigenvalue weighted by Crippen LogP contribution is 2.40. The molecule has 4 rings (SSSR count). The first kappa shape index (κ1) is 21.0. The van der Waals surface area contributed by atoms with E-state index in [1.165, 1.54) is 28.5 Å². The number of nitrogen functional groups attached to an aromatic ring is 1. The van der Waals surface area contributed by atoms with Gasteiger partial charge < -0.3 is 21.4 Å². The number of oxime groups is 1. The summed E-state index contributed by atoms with van der Waals surface area (Å²) in [6.07, 6.45) is 5.05. The number of fused-ring (bicyclic) bond motifs is 1. The number of carboxylic acids is 1. The summed E-state index contributed by atoms with van der Waals surface area (Å²) in [7, 11) is 0. The Bertz CT molecular complexity index is 1140. The molecule has 11 nitrogen and oxygen atoms in total. The Morgan fingerprint density at radius 2 is 2.16 bits per heavy atom. The van der Waals surface area contributed by atoms with Gasteiger partial charge in [0.2, 0.25) is 0 Å². The molecule has 0 radical (unpaired) electrons. The molecule has 1 saturated heterocycles. The Morgan fingerprint density at radius 1 is 1.35 bits per heavy atom. The zero-order valence-electron chi connectivity index (χ0n) is 15.5. The number of hydrogen-bond donors (Lipinski definition) is 4. The molecule has 0 bridgehead atoms. The average molecular weight is 479 g/mol. The van der Waals surface area contributed by atoms with E-state index in [9.17, 15) is 24.7 Å². The maximum Gasteiger partial charge on any atom is 0.352 e. The second-order valence-electron chi connectivity index (χ2n) is 6.30. The maximum atomic E-state index is 12.7. The number of β-lactam (4-membered cyclic amide) rings is 1. The molecule has 4 heterocycles. The lowest BCUT2D eigenvalue weighted by Crippen LogP contribution is -2.71. The lowest BCUT2D eigenvalue weighted by atomic mass is 10.0. The number of nitrogens with two attached hydrogens (primary N) is 1. The molecule has 2 aliphatic rings. The molecule has 1 unspecified atom stereocenters. The van der Waals surface area contributed by atoms with Crippen molar-refractivity contribution in [3.05, 3.63) is 45.0 Å². The van der Waals surface area contributed by atoms with Crippen molar-refractivity contribution in [1.82, 2.24) is 20.2 Å². The second kappa shape index (κ2) is 8.49. The number of carboxylic acid groups (broad SMARTS) is 1. The number of anilines is 1. The predicted octanol–water partition coefficient (Wildman–Crippen LogP) is 0.812. The predicted molar refractivity (Wildman–Crippen MR) is 116 cm³/mol. The molecule has 2 aromatic rings. The van der Waals surface area contributed by atoms with Crippen molar-refractivity contribution in [2.75, 3.05) is 11.5 Å². The van der Waals surface area contributed by atoms with Gasteiger partial charge in [-0.25, -0.2) is 9.78 Å². The third-order valence-corrected chi connectivity index (χ3v) is 7.18. The van der Waals surface area contributed by atoms with E-state index in [0.717, 1.165) is 21.1 Å². The Labute approximate surface area is 187 Å². The minimum atomic E-state index is -1.23. The number of carbonyl (C=O) groups excluding carboxylic acids is 2. The minimum absolute atomic E-state index is 0.0732. The Hall–Kier alpha value is -3.23. The molecule has 2 amide bonds. The summed E-state index contributed by atoms with van der Waals surface area (Å²) in [6.45, 7) is 0. The summed E-state index contributed by atoms with van der Waals surface area (Å²) in [4.78, 5) is 47.0. The number of aliphatic carboxylic acids is 1. The van der Waals surface area contributed by atoms with E-state index in [1.807, 2.05) is 0 Å². The van der Waals surface area contributed by atoms with E-state index in [-0.39, 0.29) is 22.2 Å². The third kappa shape index (κ3) is 3.92. The largest absolute Gasteiger partial charge is 0.477 e. The van der Waals surface area contributed by atoms with E-state index >= 15 is 0 Å². The van der Waals surface area contributed by atoms with Crippen molar-refractivity contribution >= 4 is 69.1 Å². The molecule has 1 fully saturated rings. The van der Waals surface area contributed by atoms with Gasteiger partial charge in [-0.2, -0.15) is 0 Å². The van der Waals surface area contributed by atoms with E-state index < -0.39 is 29.2 Å². The van der Waals surface area contributed by atoms with Crippen LogP contribution in [-0.2, 0) is 14.4 Å². The number of nitrogens with one attached hydrogen (secondary N) is 1. The van der Waals surface area contributed by atoms with E-state index in [0.29, 0.717) is 11.3 Å². The van der Waals surface area contributed by atoms with Crippen molar-refractivity contribution in [2.45, 2.75) is 11.4 Å². The molecule has 5 N–H and O–H groups in total. The van der Waals surface area contributed by atoms with Gasteiger partial charge in [0.25, 0.3) is 11.8 Å². The zero-order chi connectivity index (χ0) is 22.1. The highest BCUT2D eigenvalue weighted by molar-refractivity contribution is 8.00. The average Bonchev–Trinajstić information content (AvgIpc) is 3.42. The fraction of sp³-hybridized carbons (Fsp3) is 0.176. The molecule has 31 heavy (non-hydrogen) atoms. The molecule has 0 saturated carbocycles. The van der Waals surface area contributed by atoms with Crippen LogP contribution in [0.2, 0.25) is 0 Å². The van der Waals surface area contributed by atoms with Crippen LogP contribution in [0.3, 0.4) is 0 Å². The number of nitrogens with zero attached hydrogens (tertiary/aromatic N) is 4. The van der Waals surface area contributed by atoms with Crippen LogP contribution in [0.25, 0.3) is 6.08 Å². The maximum absolute atomic E-state index is 12.7. The molecule has 0 aliphatic carbocycles. The fourth-order valence-corrected chi connectivity index (χ4v) is 5.46. The van der Waals surface area contributed by atoms with Crippen molar-refractivity contribution in [3.8, 4) is 0 Å². The van der Waals surface area contributed by atoms with Crippen LogP contribution in [0, 0.1) is 0 Å². The summed E-state index contributed by atoms with van der Waals surface area (Å²) in [5.74, 6) is -2.28. The van der Waals surface area contributed by atoms with Crippen LogP contribution >= 0.6 is 34.4 Å². The minimum Gasteiger partial charge on any atom is -0.477 e. The molecule has 14 heteroatoms. The van der Waals surface area contributed by atoms with Gasteiger partial charge in [0.1, 0.15) is 22.8 Å². The Morgan fingerprint density at radius 3 is 2.77 bits per heavy atom. The van der Waals surface area contributed by atoms with Crippen LogP contribution in [0.5, 0.6) is 0 Å². The van der Waals surface area contributed by atoms with E-state index in [2.05, 4.69) is 20.4 Å². The number of allylic oxidation sites excluding steroid dienone is 1. The Balaban J connectivity index is 1.52. The van der Waals surface area contributed by atoms with Gasteiger partial charge >= 0.3 is 5.97 Å². The number of aromatic nitrogens is 2. The van der Waals surface area contributed by atoms with Crippen molar-refractivity contribution in [3.63, 3.8) is 0 Å². The van der Waals surface area contributed by atoms with Crippen molar-refractivity contribution in [2.24, 2.45) is 5.16 Å². The summed E-state index contributed by atoms with van der Waals surface area (Å²) in [5, 5.41) is 25.4. The van der Waals surface area contributed by atoms with Gasteiger partial charge in [-0.3, -0.25) is 19.5 Å². The number of thioether (sulfide) groups is 1. The molecular weight excluding hydrogens is 464 g/mol. The van der Waals surface area contributed by atoms with Gasteiger partial charge in [-0.1, -0.05) is 11.2 Å². The van der Waals surface area contributed by atoms with Gasteiger partial charge in [-0.15, -0.1) is 34.4 Å². The summed E-state index contributed by atoms with van der Waals surface area (Å²) in [5.41, 5.74) is 7.24. The van der Waals surface area contributed by atoms with Crippen LogP contribution in [0.15, 0.2) is 39.6 Å². The lowest BCUT2D eigenvalue weighted by Gasteiger charge is -2.49. The van der Waals surface area contributed by atoms with E-state index in [1.54, 1.807) is 23.9 Å². The first-order chi connectivity index (χ1) is 14.9. The van der Waals surface area contributed by atoms with Crippen LogP contribution in [0.4, 0.5) is 5.13 Å². The number of amides is 2. The fourth-order valence-electron chi connectivity index (χ4n) is 3.08. The van der Waals surface area contributed by atoms with Gasteiger partial charge in [0, 0.05) is 22.2 Å². The molecule has 2 aliphatic heterocycles. The standard InChI is InChI=1S/C17H14N6O5S3/c18-17-20-9(5-30-17)10(22-28)13(24)21-11-14(25)23-12(16(26)27)7(4-29-15(11)23)1-2-8-3-19-6-31-8/h1-3,5-6,11,15,28H,4H2,(H2,18,20)(H,21,24)(H,26,27)/b2-1+,22-10-/t11?,15-/m1/s1. The number of hydrogen-bond acceptors (Lipinski definition) is 11. The molecule has 0 aromatic carbocycles. The summed E-state index contributed by atoms with van der Waals surface area (Å²) < 4.78 is 0. The third-order valence-electron chi connectivity index (χ3n) is 4.47. The lowest BCUT2D eigenvalue weighted by molar-refractivity contribution is -0.150. The number of thiazole rings is 2. The van der Waals surface area contributed by atoms with Gasteiger partial charge in [0.05, 0.1) is 5.51 Å². The SMILES string of the molecule is Nc1nc(/C(=N/O)C(=O)NC2C(=O)N3C(C(=O)O)=C(/C=C/c4cncs4)CS[C@H]23)cs1. The molecule has 0 spiro atoms. The first-order valence-electron chi connectivity index (χ1n) is 8.62. The highest BCUT2D eigenvalue weighted by atomic mass is 32.2. The first-order valence-corrected chi connectivity index (χ1v) is 11.4. The summed E-state index contributed by atoms with van der Waals surface area (Å²) >= 11 is 3.79. The van der Waals surface area contributed by atoms with Crippen molar-refractivity contribution in [1.29, 1.82) is 0 Å². The van der Waals surface area contributed by atoms with Gasteiger partial charge in [-0.05, 0) is 11.6 Å². The number of rotatable bonds is 6. The molecule has 160 valence electrons. The summed E-state index contributed by atoms with van der Waals surface area (Å²) in [6, 6.07) is -0.966. The number of carbonyl (C=O) groups is 3. The van der Waals surface area contributed by atoms with E-state index in [4.69, 9.17) is 5.73 Å². The topological polar surface area (TPSA) is 171 Å².